The van der Waals surface area contributed by atoms with Crippen molar-refractivity contribution in [3.8, 4) is 0 Å². The van der Waals surface area contributed by atoms with E-state index < -0.39 is 0 Å². The lowest BCUT2D eigenvalue weighted by molar-refractivity contribution is 0.160. The number of aryl methyl sites for hydroxylation is 1. The van der Waals surface area contributed by atoms with Gasteiger partial charge in [-0.1, -0.05) is 0 Å². The molecule has 1 aromatic heterocycles. The van der Waals surface area contributed by atoms with E-state index in [0.717, 1.165) is 24.3 Å². The smallest absolute Gasteiger partial charge is 0.140 e. The first-order valence-electron chi connectivity index (χ1n) is 7.10. The van der Waals surface area contributed by atoms with E-state index in [4.69, 9.17) is 0 Å². The van der Waals surface area contributed by atoms with Gasteiger partial charge in [-0.15, -0.1) is 0 Å². The van der Waals surface area contributed by atoms with Crippen molar-refractivity contribution in [1.29, 1.82) is 0 Å². The van der Waals surface area contributed by atoms with E-state index in [-0.39, 0.29) is 0 Å². The van der Waals surface area contributed by atoms with E-state index >= 15 is 0 Å². The fraction of sp³-hybridized carbons (Fsp3) is 0.846. The van der Waals surface area contributed by atoms with Crippen LogP contribution in [-0.2, 0) is 13.6 Å². The Hall–Kier alpha value is -0.940. The number of rotatable bonds is 5. The normalized spacial score (nSPS) is 25.5. The third-order valence-corrected chi connectivity index (χ3v) is 4.05. The van der Waals surface area contributed by atoms with E-state index in [9.17, 15) is 0 Å². The molecule has 2 heterocycles. The minimum atomic E-state index is 0.813. The van der Waals surface area contributed by atoms with Gasteiger partial charge in [0.1, 0.15) is 12.2 Å². The first-order chi connectivity index (χ1) is 8.81. The van der Waals surface area contributed by atoms with Crippen LogP contribution in [0.2, 0.25) is 0 Å². The van der Waals surface area contributed by atoms with Crippen LogP contribution in [0.4, 0.5) is 0 Å². The molecule has 100 valence electrons. The molecule has 0 aromatic carbocycles. The van der Waals surface area contributed by atoms with Crippen molar-refractivity contribution in [2.75, 3.05) is 19.6 Å². The van der Waals surface area contributed by atoms with E-state index in [1.807, 2.05) is 11.7 Å². The second kappa shape index (κ2) is 5.36. The molecule has 0 spiro atoms. The van der Waals surface area contributed by atoms with Crippen LogP contribution in [0.1, 0.15) is 31.5 Å². The third kappa shape index (κ3) is 3.09. The fourth-order valence-corrected chi connectivity index (χ4v) is 2.75. The van der Waals surface area contributed by atoms with Gasteiger partial charge in [0.15, 0.2) is 0 Å². The zero-order valence-electron chi connectivity index (χ0n) is 11.2. The molecule has 0 amide bonds. The lowest BCUT2D eigenvalue weighted by atomic mass is 9.98. The zero-order valence-corrected chi connectivity index (χ0v) is 11.2. The van der Waals surface area contributed by atoms with Crippen LogP contribution in [0.25, 0.3) is 0 Å². The summed E-state index contributed by atoms with van der Waals surface area (Å²) in [7, 11) is 1.97. The predicted octanol–water partition coefficient (Wildman–Crippen LogP) is 0.779. The fourth-order valence-electron chi connectivity index (χ4n) is 2.75. The highest BCUT2D eigenvalue weighted by molar-refractivity contribution is 4.87. The summed E-state index contributed by atoms with van der Waals surface area (Å²) in [6.45, 7) is 4.54. The molecule has 1 aliphatic heterocycles. The number of likely N-dealkylation sites (tertiary alicyclic amines) is 1. The van der Waals surface area contributed by atoms with Crippen molar-refractivity contribution < 1.29 is 0 Å². The number of aromatic nitrogens is 3. The summed E-state index contributed by atoms with van der Waals surface area (Å²) in [5.74, 6) is 1.89. The first-order valence-corrected chi connectivity index (χ1v) is 7.10. The summed E-state index contributed by atoms with van der Waals surface area (Å²) in [6.07, 6.45) is 7.10. The van der Waals surface area contributed by atoms with Crippen molar-refractivity contribution in [3.05, 3.63) is 12.2 Å². The maximum absolute atomic E-state index is 4.31. The van der Waals surface area contributed by atoms with Gasteiger partial charge in [0.25, 0.3) is 0 Å². The Balaban J connectivity index is 1.48. The maximum atomic E-state index is 4.31. The van der Waals surface area contributed by atoms with Crippen molar-refractivity contribution in [1.82, 2.24) is 25.0 Å². The molecule has 1 atom stereocenters. The lowest BCUT2D eigenvalue weighted by Crippen LogP contribution is -2.40. The molecule has 0 bridgehead atoms. The van der Waals surface area contributed by atoms with E-state index in [1.165, 1.54) is 45.3 Å². The molecule has 1 saturated heterocycles. The van der Waals surface area contributed by atoms with Crippen LogP contribution in [0, 0.1) is 5.92 Å². The lowest BCUT2D eigenvalue weighted by Gasteiger charge is -2.32. The van der Waals surface area contributed by atoms with Gasteiger partial charge in [0.2, 0.25) is 0 Å². The molecule has 5 heteroatoms. The summed E-state index contributed by atoms with van der Waals surface area (Å²) in [5, 5.41) is 7.79. The second-order valence-electron chi connectivity index (χ2n) is 5.73. The summed E-state index contributed by atoms with van der Waals surface area (Å²) in [6, 6.07) is 0.833. The molecule has 5 nitrogen and oxygen atoms in total. The van der Waals surface area contributed by atoms with Gasteiger partial charge in [0.05, 0.1) is 6.54 Å². The van der Waals surface area contributed by atoms with Crippen LogP contribution in [0.3, 0.4) is 0 Å². The standard InChI is InChI=1S/C13H23N5/c1-17-13(15-10-16-17)9-18-6-2-3-11(8-18)7-14-12-4-5-12/h10-12,14H,2-9H2,1H3. The van der Waals surface area contributed by atoms with Crippen molar-refractivity contribution >= 4 is 0 Å². The molecule has 18 heavy (non-hydrogen) atoms. The van der Waals surface area contributed by atoms with Gasteiger partial charge in [-0.3, -0.25) is 9.58 Å². The Bertz CT molecular complexity index is 384. The van der Waals surface area contributed by atoms with Crippen LogP contribution in [0.5, 0.6) is 0 Å². The highest BCUT2D eigenvalue weighted by atomic mass is 15.3. The summed E-state index contributed by atoms with van der Waals surface area (Å²) < 4.78 is 1.88. The van der Waals surface area contributed by atoms with Gasteiger partial charge in [0, 0.05) is 19.6 Å². The summed E-state index contributed by atoms with van der Waals surface area (Å²) in [4.78, 5) is 6.83. The van der Waals surface area contributed by atoms with Crippen LogP contribution < -0.4 is 5.32 Å². The Labute approximate surface area is 109 Å². The number of nitrogens with zero attached hydrogens (tertiary/aromatic N) is 4. The molecule has 3 rings (SSSR count). The largest absolute Gasteiger partial charge is 0.314 e. The number of nitrogens with one attached hydrogen (secondary N) is 1. The monoisotopic (exact) mass is 249 g/mol. The van der Waals surface area contributed by atoms with Crippen molar-refractivity contribution in [3.63, 3.8) is 0 Å². The highest BCUT2D eigenvalue weighted by Crippen LogP contribution is 2.21. The van der Waals surface area contributed by atoms with Gasteiger partial charge < -0.3 is 5.32 Å². The van der Waals surface area contributed by atoms with Crippen LogP contribution in [0.15, 0.2) is 6.33 Å². The quantitative estimate of drug-likeness (QED) is 0.837. The molecule has 1 aliphatic carbocycles. The number of hydrogen-bond acceptors (Lipinski definition) is 4. The summed E-state index contributed by atoms with van der Waals surface area (Å²) in [5.41, 5.74) is 0. The molecule has 1 unspecified atom stereocenters. The van der Waals surface area contributed by atoms with Gasteiger partial charge in [-0.25, -0.2) is 4.98 Å². The minimum absolute atomic E-state index is 0.813. The maximum Gasteiger partial charge on any atom is 0.140 e. The van der Waals surface area contributed by atoms with E-state index in [1.54, 1.807) is 6.33 Å². The molecular formula is C13H23N5. The zero-order chi connectivity index (χ0) is 12.4. The first kappa shape index (κ1) is 12.1. The third-order valence-electron chi connectivity index (χ3n) is 4.05. The Morgan fingerprint density at radius 1 is 1.39 bits per heavy atom. The average molecular weight is 249 g/mol. The molecule has 1 N–H and O–H groups in total. The Morgan fingerprint density at radius 2 is 2.28 bits per heavy atom. The minimum Gasteiger partial charge on any atom is -0.314 e. The SMILES string of the molecule is Cn1ncnc1CN1CCCC(CNC2CC2)C1. The molecule has 2 fully saturated rings. The Kier molecular flexibility index (Phi) is 3.61. The van der Waals surface area contributed by atoms with E-state index in [0.29, 0.717) is 0 Å². The van der Waals surface area contributed by atoms with Crippen molar-refractivity contribution in [2.45, 2.75) is 38.3 Å². The molecule has 0 radical (unpaired) electrons. The van der Waals surface area contributed by atoms with Crippen LogP contribution >= 0.6 is 0 Å². The van der Waals surface area contributed by atoms with Crippen molar-refractivity contribution in [2.24, 2.45) is 13.0 Å². The van der Waals surface area contributed by atoms with Gasteiger partial charge in [-0.2, -0.15) is 5.10 Å². The molecule has 1 aromatic rings. The summed E-state index contributed by atoms with van der Waals surface area (Å²) >= 11 is 0. The highest BCUT2D eigenvalue weighted by Gasteiger charge is 2.25. The number of piperidine rings is 1. The van der Waals surface area contributed by atoms with E-state index in [2.05, 4.69) is 20.3 Å². The Morgan fingerprint density at radius 3 is 3.00 bits per heavy atom. The van der Waals surface area contributed by atoms with Gasteiger partial charge in [-0.05, 0) is 44.7 Å². The van der Waals surface area contributed by atoms with Gasteiger partial charge >= 0.3 is 0 Å². The molecular weight excluding hydrogens is 226 g/mol. The number of hydrogen-bond donors (Lipinski definition) is 1. The predicted molar refractivity (Wildman–Crippen MR) is 70.0 cm³/mol. The second-order valence-corrected chi connectivity index (χ2v) is 5.73. The molecule has 1 saturated carbocycles. The van der Waals surface area contributed by atoms with Crippen LogP contribution in [-0.4, -0.2) is 45.3 Å². The average Bonchev–Trinajstić information content (AvgIpc) is 3.13. The topological polar surface area (TPSA) is 46.0 Å². The molecule has 2 aliphatic rings.